The van der Waals surface area contributed by atoms with Crippen LogP contribution in [0.5, 0.6) is 0 Å². The summed E-state index contributed by atoms with van der Waals surface area (Å²) in [6.07, 6.45) is 6.43. The number of hydrogen-bond donors (Lipinski definition) is 1. The molecule has 4 heteroatoms. The molecular formula is C13H23ClN2O. The fraction of sp³-hybridized carbons (Fsp3) is 0.923. The van der Waals surface area contributed by atoms with Gasteiger partial charge in [0.15, 0.2) is 0 Å². The summed E-state index contributed by atoms with van der Waals surface area (Å²) in [6, 6.07) is 0.454. The van der Waals surface area contributed by atoms with E-state index in [0.29, 0.717) is 17.9 Å². The first-order valence-electron chi connectivity index (χ1n) is 6.76. The second kappa shape index (κ2) is 5.15. The lowest BCUT2D eigenvalue weighted by atomic mass is 10.0. The van der Waals surface area contributed by atoms with E-state index in [1.165, 1.54) is 25.7 Å². The van der Waals surface area contributed by atoms with Crippen molar-refractivity contribution < 1.29 is 4.79 Å². The molecule has 98 valence electrons. The van der Waals surface area contributed by atoms with E-state index in [4.69, 9.17) is 0 Å². The highest BCUT2D eigenvalue weighted by Gasteiger charge is 2.55. The van der Waals surface area contributed by atoms with E-state index < -0.39 is 0 Å². The van der Waals surface area contributed by atoms with Gasteiger partial charge in [-0.25, -0.2) is 0 Å². The number of carbonyl (C=O) groups excluding carboxylic acids is 1. The van der Waals surface area contributed by atoms with Gasteiger partial charge in [0.1, 0.15) is 0 Å². The van der Waals surface area contributed by atoms with E-state index in [1.807, 2.05) is 11.9 Å². The molecule has 0 aromatic heterocycles. The molecule has 3 aliphatic rings. The number of halogens is 1. The van der Waals surface area contributed by atoms with Gasteiger partial charge in [-0.15, -0.1) is 12.4 Å². The van der Waals surface area contributed by atoms with Crippen LogP contribution in [-0.2, 0) is 4.79 Å². The van der Waals surface area contributed by atoms with Crippen LogP contribution in [0.25, 0.3) is 0 Å². The summed E-state index contributed by atoms with van der Waals surface area (Å²) < 4.78 is 0. The molecule has 0 spiro atoms. The van der Waals surface area contributed by atoms with Crippen LogP contribution in [0, 0.1) is 17.8 Å². The van der Waals surface area contributed by atoms with Gasteiger partial charge in [0, 0.05) is 25.6 Å². The van der Waals surface area contributed by atoms with E-state index in [0.717, 1.165) is 31.3 Å². The third-order valence-electron chi connectivity index (χ3n) is 4.87. The molecule has 0 bridgehead atoms. The zero-order chi connectivity index (χ0) is 11.1. The van der Waals surface area contributed by atoms with Gasteiger partial charge in [0.25, 0.3) is 0 Å². The lowest BCUT2D eigenvalue weighted by molar-refractivity contribution is -0.133. The molecule has 0 aromatic rings. The number of amides is 1. The summed E-state index contributed by atoms with van der Waals surface area (Å²) >= 11 is 0. The van der Waals surface area contributed by atoms with Gasteiger partial charge in [-0.3, -0.25) is 4.79 Å². The van der Waals surface area contributed by atoms with Crippen LogP contribution in [-0.4, -0.2) is 37.0 Å². The van der Waals surface area contributed by atoms with Crippen LogP contribution < -0.4 is 5.32 Å². The van der Waals surface area contributed by atoms with Gasteiger partial charge in [0.2, 0.25) is 5.91 Å². The molecule has 1 aliphatic heterocycles. The number of likely N-dealkylation sites (N-methyl/N-ethyl adjacent to an activating group) is 1. The number of nitrogens with one attached hydrogen (secondary N) is 1. The van der Waals surface area contributed by atoms with Gasteiger partial charge in [0.05, 0.1) is 0 Å². The zero-order valence-corrected chi connectivity index (χ0v) is 11.3. The van der Waals surface area contributed by atoms with Crippen molar-refractivity contribution in [2.45, 2.75) is 38.1 Å². The molecule has 3 nitrogen and oxygen atoms in total. The van der Waals surface area contributed by atoms with E-state index in [1.54, 1.807) is 0 Å². The van der Waals surface area contributed by atoms with Crippen molar-refractivity contribution in [1.82, 2.24) is 10.2 Å². The Labute approximate surface area is 110 Å². The van der Waals surface area contributed by atoms with E-state index in [2.05, 4.69) is 5.32 Å². The van der Waals surface area contributed by atoms with Gasteiger partial charge in [-0.2, -0.15) is 0 Å². The van der Waals surface area contributed by atoms with Crippen molar-refractivity contribution in [3.63, 3.8) is 0 Å². The summed E-state index contributed by atoms with van der Waals surface area (Å²) in [6.45, 7) is 2.06. The number of fused-ring (bicyclic) bond motifs is 1. The van der Waals surface area contributed by atoms with Crippen molar-refractivity contribution in [3.8, 4) is 0 Å². The van der Waals surface area contributed by atoms with E-state index >= 15 is 0 Å². The summed E-state index contributed by atoms with van der Waals surface area (Å²) in [5, 5.41) is 3.34. The standard InChI is InChI=1S/C13H22N2O.ClH/c1-15(9-6-7-14-8-9)13(16)12-10-4-2-3-5-11(10)12;/h9-12,14H,2-8H2,1H3;1H. The minimum absolute atomic E-state index is 0. The number of nitrogens with zero attached hydrogens (tertiary/aromatic N) is 1. The molecular weight excluding hydrogens is 236 g/mol. The molecule has 1 amide bonds. The number of rotatable bonds is 2. The number of carbonyl (C=O) groups is 1. The third kappa shape index (κ3) is 2.32. The first kappa shape index (κ1) is 13.2. The Balaban J connectivity index is 0.00000108. The minimum Gasteiger partial charge on any atom is -0.341 e. The van der Waals surface area contributed by atoms with Crippen LogP contribution in [0.3, 0.4) is 0 Å². The van der Waals surface area contributed by atoms with Gasteiger partial charge in [-0.1, -0.05) is 12.8 Å². The van der Waals surface area contributed by atoms with E-state index in [9.17, 15) is 4.79 Å². The SMILES string of the molecule is CN(C(=O)C1C2CCCCC21)C1CCNC1.Cl. The van der Waals surface area contributed by atoms with Crippen molar-refractivity contribution in [3.05, 3.63) is 0 Å². The number of hydrogen-bond acceptors (Lipinski definition) is 2. The van der Waals surface area contributed by atoms with Crippen molar-refractivity contribution in [1.29, 1.82) is 0 Å². The van der Waals surface area contributed by atoms with Gasteiger partial charge >= 0.3 is 0 Å². The zero-order valence-electron chi connectivity index (χ0n) is 10.5. The second-order valence-corrected chi connectivity index (χ2v) is 5.73. The quantitative estimate of drug-likeness (QED) is 0.817. The summed E-state index contributed by atoms with van der Waals surface area (Å²) in [4.78, 5) is 14.4. The molecule has 3 rings (SSSR count). The normalized spacial score (nSPS) is 39.1. The molecule has 2 saturated carbocycles. The molecule has 1 heterocycles. The monoisotopic (exact) mass is 258 g/mol. The first-order chi connectivity index (χ1) is 7.79. The fourth-order valence-corrected chi connectivity index (χ4v) is 3.74. The molecule has 1 saturated heterocycles. The summed E-state index contributed by atoms with van der Waals surface area (Å²) in [7, 11) is 2.00. The van der Waals surface area contributed by atoms with Crippen molar-refractivity contribution in [2.24, 2.45) is 17.8 Å². The Hall–Kier alpha value is -0.280. The highest BCUT2D eigenvalue weighted by atomic mass is 35.5. The van der Waals surface area contributed by atoms with Crippen LogP contribution in [0.2, 0.25) is 0 Å². The average molecular weight is 259 g/mol. The largest absolute Gasteiger partial charge is 0.341 e. The van der Waals surface area contributed by atoms with Crippen LogP contribution in [0.4, 0.5) is 0 Å². The average Bonchev–Trinajstić information content (AvgIpc) is 2.78. The van der Waals surface area contributed by atoms with Crippen LogP contribution in [0.15, 0.2) is 0 Å². The van der Waals surface area contributed by atoms with Gasteiger partial charge < -0.3 is 10.2 Å². The fourth-order valence-electron chi connectivity index (χ4n) is 3.74. The lowest BCUT2D eigenvalue weighted by Crippen LogP contribution is -2.39. The maximum absolute atomic E-state index is 12.4. The Bertz CT molecular complexity index is 275. The highest BCUT2D eigenvalue weighted by molar-refractivity contribution is 5.85. The van der Waals surface area contributed by atoms with Crippen LogP contribution >= 0.6 is 12.4 Å². The Kier molecular flexibility index (Phi) is 3.99. The third-order valence-corrected chi connectivity index (χ3v) is 4.87. The first-order valence-corrected chi connectivity index (χ1v) is 6.76. The lowest BCUT2D eigenvalue weighted by Gasteiger charge is -2.24. The second-order valence-electron chi connectivity index (χ2n) is 5.73. The molecule has 1 N–H and O–H groups in total. The summed E-state index contributed by atoms with van der Waals surface area (Å²) in [5.74, 6) is 2.33. The molecule has 17 heavy (non-hydrogen) atoms. The molecule has 3 fully saturated rings. The van der Waals surface area contributed by atoms with E-state index in [-0.39, 0.29) is 12.4 Å². The smallest absolute Gasteiger partial charge is 0.226 e. The predicted octanol–water partition coefficient (Wildman–Crippen LogP) is 1.66. The Morgan fingerprint density at radius 3 is 2.35 bits per heavy atom. The Morgan fingerprint density at radius 1 is 1.18 bits per heavy atom. The van der Waals surface area contributed by atoms with Crippen molar-refractivity contribution >= 4 is 18.3 Å². The van der Waals surface area contributed by atoms with Gasteiger partial charge in [-0.05, 0) is 37.6 Å². The Morgan fingerprint density at radius 2 is 1.82 bits per heavy atom. The molecule has 0 radical (unpaired) electrons. The summed E-state index contributed by atoms with van der Waals surface area (Å²) in [5.41, 5.74) is 0. The minimum atomic E-state index is 0. The topological polar surface area (TPSA) is 32.3 Å². The molecule has 0 aromatic carbocycles. The maximum Gasteiger partial charge on any atom is 0.226 e. The maximum atomic E-state index is 12.4. The van der Waals surface area contributed by atoms with Crippen LogP contribution in [0.1, 0.15) is 32.1 Å². The predicted molar refractivity (Wildman–Crippen MR) is 70.2 cm³/mol. The molecule has 3 unspecified atom stereocenters. The highest BCUT2D eigenvalue weighted by Crippen LogP contribution is 2.56. The molecule has 2 aliphatic carbocycles. The molecule has 3 atom stereocenters. The van der Waals surface area contributed by atoms with Crippen molar-refractivity contribution in [2.75, 3.05) is 20.1 Å².